The Bertz CT molecular complexity index is 1330. The molecule has 0 bridgehead atoms. The second kappa shape index (κ2) is 10.0. The van der Waals surface area contributed by atoms with Crippen molar-refractivity contribution in [2.45, 2.75) is 57.5 Å². The van der Waals surface area contributed by atoms with E-state index >= 15 is 0 Å². The van der Waals surface area contributed by atoms with Gasteiger partial charge in [-0.25, -0.2) is 9.78 Å². The van der Waals surface area contributed by atoms with Crippen LogP contribution in [0.1, 0.15) is 59.7 Å². The van der Waals surface area contributed by atoms with Gasteiger partial charge in [0.25, 0.3) is 0 Å². The molecule has 1 aliphatic heterocycles. The Morgan fingerprint density at radius 3 is 2.58 bits per heavy atom. The molecular weight excluding hydrogens is 456 g/mol. The van der Waals surface area contributed by atoms with Crippen molar-refractivity contribution in [1.82, 2.24) is 14.5 Å². The Morgan fingerprint density at radius 1 is 1.17 bits per heavy atom. The maximum absolute atomic E-state index is 12.3. The summed E-state index contributed by atoms with van der Waals surface area (Å²) in [7, 11) is 1.38. The van der Waals surface area contributed by atoms with Gasteiger partial charge >= 0.3 is 12.1 Å². The number of ether oxygens (including phenoxy) is 1. The fraction of sp³-hybridized carbons (Fsp3) is 0.429. The van der Waals surface area contributed by atoms with Crippen LogP contribution in [0.15, 0.2) is 36.4 Å². The molecule has 3 aromatic rings. The van der Waals surface area contributed by atoms with E-state index in [1.807, 2.05) is 24.3 Å². The van der Waals surface area contributed by atoms with Crippen LogP contribution in [0.5, 0.6) is 0 Å². The molecule has 1 saturated carbocycles. The summed E-state index contributed by atoms with van der Waals surface area (Å²) in [5.41, 5.74) is 5.46. The van der Waals surface area contributed by atoms with Gasteiger partial charge in [0, 0.05) is 24.6 Å². The van der Waals surface area contributed by atoms with Crippen molar-refractivity contribution in [1.29, 1.82) is 5.26 Å². The van der Waals surface area contributed by atoms with Gasteiger partial charge in [0.15, 0.2) is 0 Å². The zero-order valence-corrected chi connectivity index (χ0v) is 20.4. The van der Waals surface area contributed by atoms with Crippen molar-refractivity contribution in [3.05, 3.63) is 64.5 Å². The number of fused-ring (bicyclic) bond motifs is 3. The summed E-state index contributed by atoms with van der Waals surface area (Å²) in [5.74, 6) is 0.0964. The second-order valence-electron chi connectivity index (χ2n) is 9.75. The number of nitrogens with zero attached hydrogens (tertiary/aromatic N) is 4. The summed E-state index contributed by atoms with van der Waals surface area (Å²) in [6, 6.07) is 14.6. The number of carbonyl (C=O) groups excluding carboxylic acids is 1. The molecule has 1 aliphatic carbocycles. The van der Waals surface area contributed by atoms with Gasteiger partial charge in [-0.15, -0.1) is 0 Å². The minimum absolute atomic E-state index is 0.158. The summed E-state index contributed by atoms with van der Waals surface area (Å²) >= 11 is 0. The van der Waals surface area contributed by atoms with Gasteiger partial charge < -0.3 is 19.3 Å². The average molecular weight is 487 g/mol. The van der Waals surface area contributed by atoms with E-state index in [-0.39, 0.29) is 17.9 Å². The van der Waals surface area contributed by atoms with Crippen molar-refractivity contribution >= 4 is 23.1 Å². The third-order valence-electron chi connectivity index (χ3n) is 7.74. The second-order valence-corrected chi connectivity index (χ2v) is 9.75. The number of aromatic nitrogens is 2. The van der Waals surface area contributed by atoms with E-state index in [0.717, 1.165) is 47.2 Å². The number of aliphatic carboxylic acids is 1. The molecule has 2 aliphatic rings. The number of hydrogen-bond donors (Lipinski definition) is 1. The fourth-order valence-electron chi connectivity index (χ4n) is 5.77. The summed E-state index contributed by atoms with van der Waals surface area (Å²) in [6.45, 7) is 1.56. The molecule has 8 nitrogen and oxygen atoms in total. The number of carbonyl (C=O) groups is 2. The van der Waals surface area contributed by atoms with E-state index in [1.54, 1.807) is 4.90 Å². The number of hydrogen-bond acceptors (Lipinski definition) is 5. The third-order valence-corrected chi connectivity index (χ3v) is 7.74. The molecule has 1 N–H and O–H groups in total. The molecule has 2 heterocycles. The lowest BCUT2D eigenvalue weighted by Gasteiger charge is -2.28. The number of carboxylic acids is 1. The third kappa shape index (κ3) is 4.41. The van der Waals surface area contributed by atoms with E-state index in [9.17, 15) is 20.0 Å². The molecular formula is C28H30N4O4. The smallest absolute Gasteiger partial charge is 0.409 e. The molecule has 1 amide bonds. The van der Waals surface area contributed by atoms with Crippen LogP contribution in [0.4, 0.5) is 4.79 Å². The topological polar surface area (TPSA) is 108 Å². The molecule has 0 atom stereocenters. The maximum atomic E-state index is 12.3. The van der Waals surface area contributed by atoms with Gasteiger partial charge in [0.05, 0.1) is 42.2 Å². The standard InChI is InChI=1S/C28H30N4O4/c1-36-28(35)31-13-12-22-21(16-29)15-24-25(23(22)17-31)30-26(19-7-9-20(10-8-19)27(33)34)32(24)14-11-18-5-3-2-4-6-18/h2-6,15,19-20H,7-14,17H2,1H3,(H,33,34)/t19-,20-. The number of benzene rings is 2. The number of carboxylic acid groups (broad SMARTS) is 1. The number of nitriles is 1. The molecule has 5 rings (SSSR count). The number of amides is 1. The van der Waals surface area contributed by atoms with E-state index in [0.29, 0.717) is 44.5 Å². The van der Waals surface area contributed by atoms with Crippen LogP contribution in [0.2, 0.25) is 0 Å². The minimum Gasteiger partial charge on any atom is -0.481 e. The highest BCUT2D eigenvalue weighted by Gasteiger charge is 2.32. The molecule has 0 unspecified atom stereocenters. The van der Waals surface area contributed by atoms with Crippen molar-refractivity contribution in [2.75, 3.05) is 13.7 Å². The van der Waals surface area contributed by atoms with Crippen molar-refractivity contribution in [2.24, 2.45) is 5.92 Å². The molecule has 1 aromatic heterocycles. The fourth-order valence-corrected chi connectivity index (χ4v) is 5.77. The Morgan fingerprint density at radius 2 is 1.92 bits per heavy atom. The molecule has 8 heteroatoms. The van der Waals surface area contributed by atoms with E-state index in [1.165, 1.54) is 12.7 Å². The summed E-state index contributed by atoms with van der Waals surface area (Å²) < 4.78 is 7.19. The van der Waals surface area contributed by atoms with E-state index < -0.39 is 5.97 Å². The average Bonchev–Trinajstić information content (AvgIpc) is 3.29. The minimum atomic E-state index is -0.721. The molecule has 0 radical (unpaired) electrons. The molecule has 2 aromatic carbocycles. The Hall–Kier alpha value is -3.86. The molecule has 0 spiro atoms. The molecule has 36 heavy (non-hydrogen) atoms. The van der Waals surface area contributed by atoms with Crippen LogP contribution in [-0.2, 0) is 35.5 Å². The lowest BCUT2D eigenvalue weighted by molar-refractivity contribution is -0.142. The van der Waals surface area contributed by atoms with E-state index in [2.05, 4.69) is 22.8 Å². The Kier molecular flexibility index (Phi) is 6.64. The normalized spacial score (nSPS) is 19.5. The van der Waals surface area contributed by atoms with E-state index in [4.69, 9.17) is 9.72 Å². The first-order valence-corrected chi connectivity index (χ1v) is 12.5. The predicted octanol–water partition coefficient (Wildman–Crippen LogP) is 4.63. The highest BCUT2D eigenvalue weighted by Crippen LogP contribution is 2.39. The van der Waals surface area contributed by atoms with Crippen molar-refractivity contribution in [3.63, 3.8) is 0 Å². The van der Waals surface area contributed by atoms with Gasteiger partial charge in [-0.05, 0) is 55.7 Å². The van der Waals surface area contributed by atoms with Gasteiger partial charge in [-0.1, -0.05) is 30.3 Å². The van der Waals surface area contributed by atoms with Crippen molar-refractivity contribution < 1.29 is 19.4 Å². The predicted molar refractivity (Wildman–Crippen MR) is 133 cm³/mol. The Labute approximate surface area is 210 Å². The van der Waals surface area contributed by atoms with Gasteiger partial charge in [0.1, 0.15) is 5.82 Å². The van der Waals surface area contributed by atoms with Crippen LogP contribution in [0.3, 0.4) is 0 Å². The highest BCUT2D eigenvalue weighted by molar-refractivity contribution is 5.84. The van der Waals surface area contributed by atoms with Crippen LogP contribution in [-0.4, -0.2) is 45.3 Å². The highest BCUT2D eigenvalue weighted by atomic mass is 16.5. The maximum Gasteiger partial charge on any atom is 0.409 e. The SMILES string of the molecule is COC(=O)N1CCc2c(C#N)cc3c(nc([C@H]4CC[C@H](C(=O)O)CC4)n3CCc3ccccc3)c2C1. The lowest BCUT2D eigenvalue weighted by atomic mass is 9.81. The van der Waals surface area contributed by atoms with Gasteiger partial charge in [0.2, 0.25) is 0 Å². The van der Waals surface area contributed by atoms with Crippen LogP contribution >= 0.6 is 0 Å². The van der Waals surface area contributed by atoms with Crippen LogP contribution in [0, 0.1) is 17.2 Å². The first kappa shape index (κ1) is 23.9. The van der Waals surface area contributed by atoms with Crippen molar-refractivity contribution in [3.8, 4) is 6.07 Å². The lowest BCUT2D eigenvalue weighted by Crippen LogP contribution is -2.36. The quantitative estimate of drug-likeness (QED) is 0.563. The first-order valence-electron chi connectivity index (χ1n) is 12.5. The molecule has 0 saturated heterocycles. The van der Waals surface area contributed by atoms with Crippen LogP contribution in [0.25, 0.3) is 11.0 Å². The number of aryl methyl sites for hydroxylation is 2. The number of imidazole rings is 1. The molecule has 186 valence electrons. The largest absolute Gasteiger partial charge is 0.481 e. The summed E-state index contributed by atoms with van der Waals surface area (Å²) in [5, 5.41) is 19.4. The zero-order valence-electron chi connectivity index (χ0n) is 20.4. The number of methoxy groups -OCH3 is 1. The number of rotatable bonds is 5. The van der Waals surface area contributed by atoms with Crippen LogP contribution < -0.4 is 0 Å². The summed E-state index contributed by atoms with van der Waals surface area (Å²) in [6.07, 6.45) is 3.84. The Balaban J connectivity index is 1.59. The van der Waals surface area contributed by atoms with Gasteiger partial charge in [-0.3, -0.25) is 4.79 Å². The monoisotopic (exact) mass is 486 g/mol. The summed E-state index contributed by atoms with van der Waals surface area (Å²) in [4.78, 5) is 30.6. The zero-order chi connectivity index (χ0) is 25.2. The van der Waals surface area contributed by atoms with Gasteiger partial charge in [-0.2, -0.15) is 5.26 Å². The molecule has 1 fully saturated rings. The first-order chi connectivity index (χ1) is 17.5.